The summed E-state index contributed by atoms with van der Waals surface area (Å²) in [7, 11) is 7.44. The number of methoxy groups -OCH3 is 1. The highest BCUT2D eigenvalue weighted by Crippen LogP contribution is 2.51. The number of ether oxygens (including phenoxy) is 1. The van der Waals surface area contributed by atoms with Gasteiger partial charge in [-0.3, -0.25) is 14.5 Å². The molecule has 2 aliphatic heterocycles. The molecule has 30 heavy (non-hydrogen) atoms. The number of carbonyl (C=O) groups is 2. The van der Waals surface area contributed by atoms with Crippen molar-refractivity contribution in [2.75, 3.05) is 47.9 Å². The number of hydrogen-bond donors (Lipinski definition) is 0. The number of nitrogens with zero attached hydrogens (tertiary/aromatic N) is 3. The summed E-state index contributed by atoms with van der Waals surface area (Å²) >= 11 is 0. The Kier molecular flexibility index (Phi) is 5.56. The second-order valence-electron chi connectivity index (χ2n) is 9.68. The van der Waals surface area contributed by atoms with Gasteiger partial charge in [0.1, 0.15) is 5.75 Å². The molecule has 6 nitrogen and oxygen atoms in total. The molecule has 2 saturated heterocycles. The van der Waals surface area contributed by atoms with Crippen LogP contribution >= 0.6 is 0 Å². The number of amides is 2. The lowest BCUT2D eigenvalue weighted by Gasteiger charge is -2.52. The van der Waals surface area contributed by atoms with Gasteiger partial charge in [-0.2, -0.15) is 0 Å². The Bertz CT molecular complexity index is 792. The zero-order valence-electron chi connectivity index (χ0n) is 18.8. The van der Waals surface area contributed by atoms with E-state index in [1.807, 2.05) is 38.4 Å². The molecule has 1 saturated carbocycles. The Morgan fingerprint density at radius 3 is 2.17 bits per heavy atom. The molecule has 3 fully saturated rings. The topological polar surface area (TPSA) is 53.1 Å². The highest BCUT2D eigenvalue weighted by Gasteiger charge is 2.55. The second kappa shape index (κ2) is 7.88. The van der Waals surface area contributed by atoms with Gasteiger partial charge in [0.05, 0.1) is 18.6 Å². The molecule has 1 aromatic carbocycles. The number of piperidine rings is 2. The molecule has 1 unspecified atom stereocenters. The van der Waals surface area contributed by atoms with E-state index in [0.29, 0.717) is 0 Å². The number of likely N-dealkylation sites (N-methyl/N-ethyl adjacent to an activating group) is 2. The smallest absolute Gasteiger partial charge is 0.239 e. The monoisotopic (exact) mass is 413 g/mol. The van der Waals surface area contributed by atoms with E-state index in [9.17, 15) is 9.59 Å². The molecule has 0 radical (unpaired) electrons. The molecule has 4 rings (SSSR count). The van der Waals surface area contributed by atoms with Gasteiger partial charge >= 0.3 is 0 Å². The minimum Gasteiger partial charge on any atom is -0.497 e. The molecule has 1 aliphatic carbocycles. The molecule has 1 spiro atoms. The predicted octanol–water partition coefficient (Wildman–Crippen LogP) is 2.52. The van der Waals surface area contributed by atoms with E-state index in [0.717, 1.165) is 69.5 Å². The van der Waals surface area contributed by atoms with Gasteiger partial charge < -0.3 is 14.5 Å². The van der Waals surface area contributed by atoms with Crippen LogP contribution in [-0.2, 0) is 15.0 Å². The van der Waals surface area contributed by atoms with Crippen molar-refractivity contribution in [3.63, 3.8) is 0 Å². The maximum Gasteiger partial charge on any atom is 0.239 e. The Morgan fingerprint density at radius 2 is 1.63 bits per heavy atom. The van der Waals surface area contributed by atoms with Gasteiger partial charge in [0, 0.05) is 27.2 Å². The van der Waals surface area contributed by atoms with E-state index in [4.69, 9.17) is 4.74 Å². The summed E-state index contributed by atoms with van der Waals surface area (Å²) in [5.41, 5.74) is 0.743. The number of hydrogen-bond acceptors (Lipinski definition) is 4. The Balaban J connectivity index is 1.48. The molecule has 164 valence electrons. The number of rotatable bonds is 4. The third-order valence-corrected chi connectivity index (χ3v) is 7.73. The average molecular weight is 414 g/mol. The largest absolute Gasteiger partial charge is 0.497 e. The molecular weight excluding hydrogens is 378 g/mol. The van der Waals surface area contributed by atoms with E-state index in [-0.39, 0.29) is 28.7 Å². The summed E-state index contributed by atoms with van der Waals surface area (Å²) in [6, 6.07) is 7.90. The lowest BCUT2D eigenvalue weighted by Crippen LogP contribution is -2.61. The molecule has 2 amide bonds. The summed E-state index contributed by atoms with van der Waals surface area (Å²) in [6.07, 6.45) is 5.86. The fourth-order valence-electron chi connectivity index (χ4n) is 5.75. The maximum atomic E-state index is 13.5. The molecular formula is C24H35N3O3. The SMILES string of the molecule is COc1ccc(C2(C(=O)N3CCC4(CCCN(C)C4C(=O)N(C)C)CC3)CC2)cc1. The van der Waals surface area contributed by atoms with E-state index in [1.165, 1.54) is 0 Å². The van der Waals surface area contributed by atoms with Crippen molar-refractivity contribution < 1.29 is 14.3 Å². The van der Waals surface area contributed by atoms with Crippen molar-refractivity contribution in [2.24, 2.45) is 5.41 Å². The first-order chi connectivity index (χ1) is 14.3. The van der Waals surface area contributed by atoms with Crippen LogP contribution in [0.2, 0.25) is 0 Å². The van der Waals surface area contributed by atoms with Crippen molar-refractivity contribution in [3.8, 4) is 5.75 Å². The lowest BCUT2D eigenvalue weighted by atomic mass is 9.66. The van der Waals surface area contributed by atoms with E-state index in [1.54, 1.807) is 12.0 Å². The van der Waals surface area contributed by atoms with Crippen molar-refractivity contribution in [1.29, 1.82) is 0 Å². The van der Waals surface area contributed by atoms with E-state index >= 15 is 0 Å². The summed E-state index contributed by atoms with van der Waals surface area (Å²) in [4.78, 5) is 32.5. The zero-order valence-corrected chi connectivity index (χ0v) is 18.8. The van der Waals surface area contributed by atoms with Crippen LogP contribution in [0.15, 0.2) is 24.3 Å². The minimum absolute atomic E-state index is 0.0119. The molecule has 6 heteroatoms. The average Bonchev–Trinajstić information content (AvgIpc) is 3.56. The summed E-state index contributed by atoms with van der Waals surface area (Å²) in [6.45, 7) is 2.47. The first-order valence-electron chi connectivity index (χ1n) is 11.2. The highest BCUT2D eigenvalue weighted by molar-refractivity contribution is 5.91. The Morgan fingerprint density at radius 1 is 1.00 bits per heavy atom. The van der Waals surface area contributed by atoms with Crippen LogP contribution in [-0.4, -0.2) is 80.4 Å². The van der Waals surface area contributed by atoms with Crippen LogP contribution in [0.25, 0.3) is 0 Å². The summed E-state index contributed by atoms with van der Waals surface area (Å²) < 4.78 is 5.27. The van der Waals surface area contributed by atoms with Crippen molar-refractivity contribution in [1.82, 2.24) is 14.7 Å². The van der Waals surface area contributed by atoms with Gasteiger partial charge in [-0.15, -0.1) is 0 Å². The van der Waals surface area contributed by atoms with Gasteiger partial charge in [-0.25, -0.2) is 0 Å². The lowest BCUT2D eigenvalue weighted by molar-refractivity contribution is -0.147. The summed E-state index contributed by atoms with van der Waals surface area (Å²) in [5.74, 6) is 1.29. The van der Waals surface area contributed by atoms with Crippen LogP contribution in [0, 0.1) is 5.41 Å². The van der Waals surface area contributed by atoms with Gasteiger partial charge in [0.25, 0.3) is 0 Å². The Hall–Kier alpha value is -2.08. The van der Waals surface area contributed by atoms with Gasteiger partial charge in [0.15, 0.2) is 0 Å². The summed E-state index contributed by atoms with van der Waals surface area (Å²) in [5, 5.41) is 0. The fraction of sp³-hybridized carbons (Fsp3) is 0.667. The third-order valence-electron chi connectivity index (χ3n) is 7.73. The Labute approximate surface area is 180 Å². The van der Waals surface area contributed by atoms with Gasteiger partial charge in [-0.1, -0.05) is 12.1 Å². The standard InChI is InChI=1S/C24H35N3O3/c1-25(2)21(28)20-23(10-5-15-26(20)3)13-16-27(17-14-23)22(29)24(11-12-24)18-6-8-19(30-4)9-7-18/h6-9,20H,5,10-17H2,1-4H3. The first-order valence-corrected chi connectivity index (χ1v) is 11.2. The first kappa shape index (κ1) is 21.2. The van der Waals surface area contributed by atoms with E-state index in [2.05, 4.69) is 16.8 Å². The van der Waals surface area contributed by atoms with Crippen LogP contribution in [0.1, 0.15) is 44.1 Å². The highest BCUT2D eigenvalue weighted by atomic mass is 16.5. The van der Waals surface area contributed by atoms with Crippen molar-refractivity contribution in [3.05, 3.63) is 29.8 Å². The van der Waals surface area contributed by atoms with Crippen molar-refractivity contribution >= 4 is 11.8 Å². The maximum absolute atomic E-state index is 13.5. The molecule has 3 aliphatic rings. The van der Waals surface area contributed by atoms with E-state index < -0.39 is 0 Å². The zero-order chi connectivity index (χ0) is 21.5. The third kappa shape index (κ3) is 3.49. The normalized spacial score (nSPS) is 25.1. The van der Waals surface area contributed by atoms with Crippen LogP contribution in [0.5, 0.6) is 5.75 Å². The molecule has 2 heterocycles. The fourth-order valence-corrected chi connectivity index (χ4v) is 5.75. The van der Waals surface area contributed by atoms with Crippen LogP contribution in [0.3, 0.4) is 0 Å². The number of carbonyl (C=O) groups excluding carboxylic acids is 2. The predicted molar refractivity (Wildman–Crippen MR) is 116 cm³/mol. The molecule has 1 aromatic rings. The molecule has 0 aromatic heterocycles. The van der Waals surface area contributed by atoms with Gasteiger partial charge in [0.2, 0.25) is 11.8 Å². The van der Waals surface area contributed by atoms with Crippen molar-refractivity contribution in [2.45, 2.75) is 50.0 Å². The molecule has 0 N–H and O–H groups in total. The second-order valence-corrected chi connectivity index (χ2v) is 9.68. The van der Waals surface area contributed by atoms with Gasteiger partial charge in [-0.05, 0) is 75.2 Å². The molecule has 1 atom stereocenters. The van der Waals surface area contributed by atoms with Crippen LogP contribution in [0.4, 0.5) is 0 Å². The molecule has 0 bridgehead atoms. The number of benzene rings is 1. The minimum atomic E-state index is -0.348. The van der Waals surface area contributed by atoms with Crippen LogP contribution < -0.4 is 4.74 Å². The number of likely N-dealkylation sites (tertiary alicyclic amines) is 2. The quantitative estimate of drug-likeness (QED) is 0.761.